The molecule has 0 aliphatic heterocycles. The number of nitrogens with one attached hydrogen (secondary N) is 1. The first-order valence-corrected chi connectivity index (χ1v) is 8.26. The van der Waals surface area contributed by atoms with Gasteiger partial charge in [0.2, 0.25) is 5.88 Å². The normalized spacial score (nSPS) is 10.2. The van der Waals surface area contributed by atoms with E-state index < -0.39 is 4.92 Å². The summed E-state index contributed by atoms with van der Waals surface area (Å²) in [5.74, 6) is 0.494. The van der Waals surface area contributed by atoms with Crippen LogP contribution >= 0.6 is 15.9 Å². The van der Waals surface area contributed by atoms with Gasteiger partial charge in [-0.05, 0) is 52.3 Å². The van der Waals surface area contributed by atoms with Crippen molar-refractivity contribution in [2.24, 2.45) is 0 Å². The maximum Gasteiger partial charge on any atom is 0.287 e. The minimum atomic E-state index is -0.528. The minimum Gasteiger partial charge on any atom is -0.439 e. The molecule has 8 heteroatoms. The van der Waals surface area contributed by atoms with Gasteiger partial charge >= 0.3 is 0 Å². The maximum absolute atomic E-state index is 12.3. The second-order valence-electron chi connectivity index (χ2n) is 5.17. The topological polar surface area (TPSA) is 94.4 Å². The predicted octanol–water partition coefficient (Wildman–Crippen LogP) is 4.80. The lowest BCUT2D eigenvalue weighted by Gasteiger charge is -2.08. The molecule has 0 aliphatic rings. The summed E-state index contributed by atoms with van der Waals surface area (Å²) in [7, 11) is 0. The van der Waals surface area contributed by atoms with Crippen molar-refractivity contribution < 1.29 is 14.5 Å². The number of nitro groups is 1. The van der Waals surface area contributed by atoms with Crippen LogP contribution in [0.2, 0.25) is 0 Å². The number of nitrogens with zero attached hydrogens (tertiary/aromatic N) is 2. The smallest absolute Gasteiger partial charge is 0.287 e. The molecule has 0 saturated carbocycles. The van der Waals surface area contributed by atoms with Crippen molar-refractivity contribution >= 4 is 33.2 Å². The molecule has 0 bridgehead atoms. The Bertz CT molecular complexity index is 943. The van der Waals surface area contributed by atoms with Crippen LogP contribution in [0, 0.1) is 10.1 Å². The van der Waals surface area contributed by atoms with Crippen LogP contribution in [0.15, 0.2) is 71.3 Å². The monoisotopic (exact) mass is 413 g/mol. The lowest BCUT2D eigenvalue weighted by Crippen LogP contribution is -2.12. The van der Waals surface area contributed by atoms with Gasteiger partial charge in [-0.1, -0.05) is 12.1 Å². The fraction of sp³-hybridized carbons (Fsp3) is 0. The first-order chi connectivity index (χ1) is 12.5. The number of ether oxygens (including phenoxy) is 1. The summed E-state index contributed by atoms with van der Waals surface area (Å²) >= 11 is 3.34. The lowest BCUT2D eigenvalue weighted by atomic mass is 10.2. The number of carbonyl (C=O) groups is 1. The highest BCUT2D eigenvalue weighted by Crippen LogP contribution is 2.24. The Morgan fingerprint density at radius 2 is 1.81 bits per heavy atom. The number of carbonyl (C=O) groups excluding carboxylic acids is 1. The molecule has 0 atom stereocenters. The van der Waals surface area contributed by atoms with Gasteiger partial charge in [-0.2, -0.15) is 0 Å². The third-order valence-corrected chi connectivity index (χ3v) is 4.08. The van der Waals surface area contributed by atoms with Gasteiger partial charge in [-0.15, -0.1) is 0 Å². The Labute approximate surface area is 156 Å². The fourth-order valence-corrected chi connectivity index (χ4v) is 2.58. The Kier molecular flexibility index (Phi) is 5.23. The van der Waals surface area contributed by atoms with Gasteiger partial charge in [0.05, 0.1) is 10.5 Å². The van der Waals surface area contributed by atoms with Crippen molar-refractivity contribution in [2.75, 3.05) is 5.32 Å². The second-order valence-corrected chi connectivity index (χ2v) is 6.03. The van der Waals surface area contributed by atoms with Crippen LogP contribution in [0.1, 0.15) is 10.4 Å². The zero-order chi connectivity index (χ0) is 18.5. The standard InChI is InChI=1S/C18H12BrN3O4/c19-16-4-2-1-3-15(16)18(23)21-12-5-8-14(9-6-12)26-17-10-7-13(11-20-17)22(24)25/h1-11H,(H,21,23). The summed E-state index contributed by atoms with van der Waals surface area (Å²) < 4.78 is 6.23. The van der Waals surface area contributed by atoms with Crippen LogP contribution in [0.5, 0.6) is 11.6 Å². The van der Waals surface area contributed by atoms with Crippen LogP contribution in [-0.2, 0) is 0 Å². The highest BCUT2D eigenvalue weighted by molar-refractivity contribution is 9.10. The van der Waals surface area contributed by atoms with Gasteiger partial charge in [0, 0.05) is 22.3 Å². The van der Waals surface area contributed by atoms with Gasteiger partial charge in [0.15, 0.2) is 0 Å². The van der Waals surface area contributed by atoms with Crippen molar-refractivity contribution in [3.8, 4) is 11.6 Å². The van der Waals surface area contributed by atoms with E-state index in [4.69, 9.17) is 4.74 Å². The molecule has 1 N–H and O–H groups in total. The van der Waals surface area contributed by atoms with Crippen molar-refractivity contribution in [3.05, 3.63) is 87.0 Å². The first kappa shape index (κ1) is 17.6. The van der Waals surface area contributed by atoms with E-state index in [-0.39, 0.29) is 17.5 Å². The van der Waals surface area contributed by atoms with Crippen molar-refractivity contribution in [1.82, 2.24) is 4.98 Å². The Morgan fingerprint density at radius 1 is 1.08 bits per heavy atom. The second kappa shape index (κ2) is 7.75. The largest absolute Gasteiger partial charge is 0.439 e. The Hall–Kier alpha value is -3.26. The SMILES string of the molecule is O=C(Nc1ccc(Oc2ccc([N+](=O)[O-])cn2)cc1)c1ccccc1Br. The van der Waals surface area contributed by atoms with E-state index in [1.54, 1.807) is 42.5 Å². The zero-order valence-electron chi connectivity index (χ0n) is 13.3. The van der Waals surface area contributed by atoms with Crippen molar-refractivity contribution in [1.29, 1.82) is 0 Å². The molecule has 7 nitrogen and oxygen atoms in total. The predicted molar refractivity (Wildman–Crippen MR) is 99.5 cm³/mol. The summed E-state index contributed by atoms with van der Waals surface area (Å²) in [4.78, 5) is 26.2. The van der Waals surface area contributed by atoms with Gasteiger partial charge in [0.25, 0.3) is 11.6 Å². The highest BCUT2D eigenvalue weighted by atomic mass is 79.9. The third kappa shape index (κ3) is 4.22. The molecule has 0 fully saturated rings. The lowest BCUT2D eigenvalue weighted by molar-refractivity contribution is -0.385. The Morgan fingerprint density at radius 3 is 2.42 bits per heavy atom. The first-order valence-electron chi connectivity index (χ1n) is 7.47. The maximum atomic E-state index is 12.3. The zero-order valence-corrected chi connectivity index (χ0v) is 14.8. The summed E-state index contributed by atoms with van der Waals surface area (Å²) in [6, 6.07) is 16.6. The van der Waals surface area contributed by atoms with Crippen LogP contribution < -0.4 is 10.1 Å². The molecule has 130 valence electrons. The Balaban J connectivity index is 1.66. The molecular weight excluding hydrogens is 402 g/mol. The average molecular weight is 414 g/mol. The average Bonchev–Trinajstić information content (AvgIpc) is 2.64. The number of anilines is 1. The molecule has 3 aromatic rings. The highest BCUT2D eigenvalue weighted by Gasteiger charge is 2.10. The summed E-state index contributed by atoms with van der Waals surface area (Å²) in [6.07, 6.45) is 1.13. The van der Waals surface area contributed by atoms with Crippen LogP contribution in [-0.4, -0.2) is 15.8 Å². The molecule has 0 aliphatic carbocycles. The van der Waals surface area contributed by atoms with Crippen LogP contribution in [0.25, 0.3) is 0 Å². The molecule has 0 saturated heterocycles. The summed E-state index contributed by atoms with van der Waals surface area (Å²) in [5.41, 5.74) is 1.03. The number of hydrogen-bond acceptors (Lipinski definition) is 5. The molecule has 3 rings (SSSR count). The van der Waals surface area contributed by atoms with Crippen molar-refractivity contribution in [2.45, 2.75) is 0 Å². The molecule has 1 heterocycles. The molecule has 0 radical (unpaired) electrons. The van der Waals surface area contributed by atoms with E-state index in [2.05, 4.69) is 26.2 Å². The molecular formula is C18H12BrN3O4. The molecule has 1 amide bonds. The van der Waals surface area contributed by atoms with E-state index in [1.165, 1.54) is 12.1 Å². The third-order valence-electron chi connectivity index (χ3n) is 3.38. The minimum absolute atomic E-state index is 0.109. The molecule has 0 spiro atoms. The number of hydrogen-bond donors (Lipinski definition) is 1. The fourth-order valence-electron chi connectivity index (χ4n) is 2.11. The van der Waals surface area contributed by atoms with Gasteiger partial charge in [0.1, 0.15) is 11.9 Å². The summed E-state index contributed by atoms with van der Waals surface area (Å²) in [6.45, 7) is 0. The van der Waals surface area contributed by atoms with E-state index in [9.17, 15) is 14.9 Å². The van der Waals surface area contributed by atoms with Crippen molar-refractivity contribution in [3.63, 3.8) is 0 Å². The number of benzene rings is 2. The molecule has 0 unspecified atom stereocenters. The van der Waals surface area contributed by atoms with Gasteiger partial charge < -0.3 is 10.1 Å². The van der Waals surface area contributed by atoms with Gasteiger partial charge in [-0.3, -0.25) is 14.9 Å². The van der Waals surface area contributed by atoms with Crippen LogP contribution in [0.3, 0.4) is 0 Å². The quantitative estimate of drug-likeness (QED) is 0.478. The number of pyridine rings is 1. The number of amides is 1. The van der Waals surface area contributed by atoms with Crippen LogP contribution in [0.4, 0.5) is 11.4 Å². The van der Waals surface area contributed by atoms with Gasteiger partial charge in [-0.25, -0.2) is 4.98 Å². The molecule has 26 heavy (non-hydrogen) atoms. The van der Waals surface area contributed by atoms with E-state index in [0.717, 1.165) is 6.20 Å². The van der Waals surface area contributed by atoms with E-state index >= 15 is 0 Å². The summed E-state index contributed by atoms with van der Waals surface area (Å²) in [5, 5.41) is 13.4. The number of aromatic nitrogens is 1. The molecule has 1 aromatic heterocycles. The number of halogens is 1. The molecule has 2 aromatic carbocycles. The van der Waals surface area contributed by atoms with E-state index in [0.29, 0.717) is 21.5 Å². The number of rotatable bonds is 5. The van der Waals surface area contributed by atoms with E-state index in [1.807, 2.05) is 6.07 Å².